The van der Waals surface area contributed by atoms with Gasteiger partial charge >= 0.3 is 0 Å². The molecule has 0 atom stereocenters. The fourth-order valence-corrected chi connectivity index (χ4v) is 1.99. The lowest BCUT2D eigenvalue weighted by Crippen LogP contribution is -2.33. The van der Waals surface area contributed by atoms with Gasteiger partial charge in [0, 0.05) is 24.7 Å². The summed E-state index contributed by atoms with van der Waals surface area (Å²) in [5, 5.41) is 0. The number of nitrogens with zero attached hydrogens (tertiary/aromatic N) is 1. The molecule has 0 bridgehead atoms. The SMILES string of the molecule is Cc1oc(CN)cc1CN(CC(C)C)C(C)C. The Bertz CT molecular complexity index is 342. The summed E-state index contributed by atoms with van der Waals surface area (Å²) in [4.78, 5) is 2.48. The van der Waals surface area contributed by atoms with E-state index >= 15 is 0 Å². The third-order valence-electron chi connectivity index (χ3n) is 2.98. The number of nitrogens with two attached hydrogens (primary N) is 1. The molecular formula is C14H26N2O. The van der Waals surface area contributed by atoms with Crippen LogP contribution in [0, 0.1) is 12.8 Å². The van der Waals surface area contributed by atoms with Gasteiger partial charge in [-0.15, -0.1) is 0 Å². The molecule has 0 aliphatic carbocycles. The van der Waals surface area contributed by atoms with Crippen LogP contribution in [0.15, 0.2) is 10.5 Å². The molecule has 0 aliphatic heterocycles. The molecule has 0 aromatic carbocycles. The molecule has 17 heavy (non-hydrogen) atoms. The van der Waals surface area contributed by atoms with Crippen LogP contribution in [-0.2, 0) is 13.1 Å². The minimum atomic E-state index is 0.479. The van der Waals surface area contributed by atoms with E-state index in [0.717, 1.165) is 24.6 Å². The predicted octanol–water partition coefficient (Wildman–Crippen LogP) is 2.91. The molecule has 0 aliphatic rings. The fourth-order valence-electron chi connectivity index (χ4n) is 1.99. The van der Waals surface area contributed by atoms with Crippen molar-refractivity contribution in [2.24, 2.45) is 11.7 Å². The minimum absolute atomic E-state index is 0.479. The summed E-state index contributed by atoms with van der Waals surface area (Å²) in [5.74, 6) is 2.56. The zero-order valence-corrected chi connectivity index (χ0v) is 11.8. The highest BCUT2D eigenvalue weighted by atomic mass is 16.3. The second-order valence-electron chi connectivity index (χ2n) is 5.42. The average Bonchev–Trinajstić information content (AvgIpc) is 2.58. The Morgan fingerprint density at radius 2 is 1.94 bits per heavy atom. The van der Waals surface area contributed by atoms with Gasteiger partial charge in [-0.05, 0) is 32.8 Å². The molecule has 0 amide bonds. The standard InChI is InChI=1S/C14H26N2O/c1-10(2)8-16(11(3)4)9-13-6-14(7-15)17-12(13)5/h6,10-11H,7-9,15H2,1-5H3. The molecule has 0 radical (unpaired) electrons. The van der Waals surface area contributed by atoms with E-state index in [2.05, 4.69) is 38.7 Å². The molecule has 2 N–H and O–H groups in total. The number of aryl methyl sites for hydroxylation is 1. The van der Waals surface area contributed by atoms with Crippen molar-refractivity contribution < 1.29 is 4.42 Å². The summed E-state index contributed by atoms with van der Waals surface area (Å²) in [6.07, 6.45) is 0. The largest absolute Gasteiger partial charge is 0.465 e. The van der Waals surface area contributed by atoms with E-state index in [4.69, 9.17) is 10.2 Å². The van der Waals surface area contributed by atoms with Crippen LogP contribution in [0.2, 0.25) is 0 Å². The molecule has 3 heteroatoms. The van der Waals surface area contributed by atoms with Crippen molar-refractivity contribution in [2.75, 3.05) is 6.54 Å². The maximum atomic E-state index is 5.60. The molecule has 1 aromatic heterocycles. The van der Waals surface area contributed by atoms with Gasteiger partial charge in [0.25, 0.3) is 0 Å². The number of furan rings is 1. The summed E-state index contributed by atoms with van der Waals surface area (Å²) in [6, 6.07) is 2.64. The van der Waals surface area contributed by atoms with Gasteiger partial charge in [-0.3, -0.25) is 4.90 Å². The molecule has 0 saturated heterocycles. The van der Waals surface area contributed by atoms with Gasteiger partial charge in [0.15, 0.2) is 0 Å². The van der Waals surface area contributed by atoms with Crippen LogP contribution < -0.4 is 5.73 Å². The fraction of sp³-hybridized carbons (Fsp3) is 0.714. The van der Waals surface area contributed by atoms with Crippen molar-refractivity contribution in [3.8, 4) is 0 Å². The van der Waals surface area contributed by atoms with Gasteiger partial charge in [-0.25, -0.2) is 0 Å². The van der Waals surface area contributed by atoms with E-state index in [0.29, 0.717) is 18.5 Å². The number of rotatable bonds is 6. The van der Waals surface area contributed by atoms with Gasteiger partial charge in [0.2, 0.25) is 0 Å². The van der Waals surface area contributed by atoms with Gasteiger partial charge < -0.3 is 10.2 Å². The van der Waals surface area contributed by atoms with Crippen LogP contribution in [0.3, 0.4) is 0 Å². The average molecular weight is 238 g/mol. The van der Waals surface area contributed by atoms with Crippen LogP contribution in [0.1, 0.15) is 44.8 Å². The first kappa shape index (κ1) is 14.3. The first-order valence-corrected chi connectivity index (χ1v) is 6.46. The molecule has 0 fully saturated rings. The lowest BCUT2D eigenvalue weighted by Gasteiger charge is -2.27. The topological polar surface area (TPSA) is 42.4 Å². The van der Waals surface area contributed by atoms with Crippen molar-refractivity contribution in [1.29, 1.82) is 0 Å². The van der Waals surface area contributed by atoms with Crippen LogP contribution in [0.4, 0.5) is 0 Å². The quantitative estimate of drug-likeness (QED) is 0.828. The molecule has 0 unspecified atom stereocenters. The Labute approximate surface area is 105 Å². The highest BCUT2D eigenvalue weighted by molar-refractivity contribution is 5.20. The van der Waals surface area contributed by atoms with Gasteiger partial charge in [0.1, 0.15) is 11.5 Å². The highest BCUT2D eigenvalue weighted by Gasteiger charge is 2.15. The van der Waals surface area contributed by atoms with Crippen molar-refractivity contribution in [3.05, 3.63) is 23.2 Å². The Morgan fingerprint density at radius 3 is 2.35 bits per heavy atom. The Kier molecular flexibility index (Phi) is 5.22. The van der Waals surface area contributed by atoms with E-state index in [9.17, 15) is 0 Å². The Morgan fingerprint density at radius 1 is 1.29 bits per heavy atom. The van der Waals surface area contributed by atoms with Gasteiger partial charge in [-0.1, -0.05) is 13.8 Å². The second-order valence-corrected chi connectivity index (χ2v) is 5.42. The molecule has 1 aromatic rings. The van der Waals surface area contributed by atoms with Crippen molar-refractivity contribution in [3.63, 3.8) is 0 Å². The number of hydrogen-bond acceptors (Lipinski definition) is 3. The summed E-state index contributed by atoms with van der Waals surface area (Å²) in [7, 11) is 0. The normalized spacial score (nSPS) is 12.1. The molecule has 98 valence electrons. The van der Waals surface area contributed by atoms with E-state index in [1.807, 2.05) is 6.92 Å². The Hall–Kier alpha value is -0.800. The van der Waals surface area contributed by atoms with Crippen LogP contribution in [0.5, 0.6) is 0 Å². The summed E-state index contributed by atoms with van der Waals surface area (Å²) >= 11 is 0. The third-order valence-corrected chi connectivity index (χ3v) is 2.98. The Balaban J connectivity index is 2.74. The van der Waals surface area contributed by atoms with Crippen molar-refractivity contribution in [1.82, 2.24) is 4.90 Å². The predicted molar refractivity (Wildman–Crippen MR) is 71.7 cm³/mol. The summed E-state index contributed by atoms with van der Waals surface area (Å²) in [6.45, 7) is 13.5. The van der Waals surface area contributed by atoms with E-state index in [1.54, 1.807) is 0 Å². The molecule has 0 saturated carbocycles. The zero-order chi connectivity index (χ0) is 13.0. The summed E-state index contributed by atoms with van der Waals surface area (Å²) in [5.41, 5.74) is 6.86. The van der Waals surface area contributed by atoms with Crippen LogP contribution >= 0.6 is 0 Å². The van der Waals surface area contributed by atoms with Gasteiger partial charge in [0.05, 0.1) is 6.54 Å². The number of hydrogen-bond donors (Lipinski definition) is 1. The third kappa shape index (κ3) is 4.17. The molecule has 0 spiro atoms. The van der Waals surface area contributed by atoms with E-state index in [1.165, 1.54) is 5.56 Å². The maximum absolute atomic E-state index is 5.60. The first-order valence-electron chi connectivity index (χ1n) is 6.46. The maximum Gasteiger partial charge on any atom is 0.118 e. The zero-order valence-electron chi connectivity index (χ0n) is 11.8. The lowest BCUT2D eigenvalue weighted by atomic mass is 10.1. The van der Waals surface area contributed by atoms with Gasteiger partial charge in [-0.2, -0.15) is 0 Å². The van der Waals surface area contributed by atoms with Crippen LogP contribution in [-0.4, -0.2) is 17.5 Å². The van der Waals surface area contributed by atoms with E-state index < -0.39 is 0 Å². The van der Waals surface area contributed by atoms with Crippen LogP contribution in [0.25, 0.3) is 0 Å². The molecule has 3 nitrogen and oxygen atoms in total. The minimum Gasteiger partial charge on any atom is -0.465 e. The van der Waals surface area contributed by atoms with Crippen molar-refractivity contribution >= 4 is 0 Å². The molecular weight excluding hydrogens is 212 g/mol. The van der Waals surface area contributed by atoms with Crippen molar-refractivity contribution in [2.45, 2.75) is 53.8 Å². The monoisotopic (exact) mass is 238 g/mol. The highest BCUT2D eigenvalue weighted by Crippen LogP contribution is 2.18. The molecule has 1 rings (SSSR count). The smallest absolute Gasteiger partial charge is 0.118 e. The molecule has 1 heterocycles. The van der Waals surface area contributed by atoms with E-state index in [-0.39, 0.29) is 0 Å². The summed E-state index contributed by atoms with van der Waals surface area (Å²) < 4.78 is 5.60. The first-order chi connectivity index (χ1) is 7.93. The lowest BCUT2D eigenvalue weighted by molar-refractivity contribution is 0.188. The second kappa shape index (κ2) is 6.22.